The van der Waals surface area contributed by atoms with Crippen LogP contribution in [0.15, 0.2) is 4.99 Å². The second-order valence-electron chi connectivity index (χ2n) is 3.97. The maximum atomic E-state index is 4.48. The van der Waals surface area contributed by atoms with Gasteiger partial charge >= 0.3 is 0 Å². The van der Waals surface area contributed by atoms with Crippen LogP contribution < -0.4 is 5.32 Å². The summed E-state index contributed by atoms with van der Waals surface area (Å²) in [5, 5.41) is 3.50. The number of nitrogens with one attached hydrogen (secondary N) is 1. The topological polar surface area (TPSA) is 24.4 Å². The van der Waals surface area contributed by atoms with Crippen LogP contribution >= 0.6 is 0 Å². The normalized spacial score (nSPS) is 19.4. The Bertz CT molecular complexity index is 163. The van der Waals surface area contributed by atoms with Gasteiger partial charge in [-0.1, -0.05) is 19.8 Å². The molecule has 1 atom stereocenters. The van der Waals surface area contributed by atoms with E-state index in [1.165, 1.54) is 37.9 Å². The number of nitrogens with zero attached hydrogens (tertiary/aromatic N) is 1. The fraction of sp³-hybridized carbons (Fsp3) is 0.909. The van der Waals surface area contributed by atoms with Gasteiger partial charge in [0.2, 0.25) is 0 Å². The Kier molecular flexibility index (Phi) is 4.87. The van der Waals surface area contributed by atoms with E-state index in [2.05, 4.69) is 24.2 Å². The summed E-state index contributed by atoms with van der Waals surface area (Å²) in [6.45, 7) is 5.53. The zero-order valence-electron chi connectivity index (χ0n) is 8.97. The molecule has 0 fully saturated rings. The Morgan fingerprint density at radius 1 is 1.46 bits per heavy atom. The number of hydrogen-bond acceptors (Lipinski definition) is 2. The van der Waals surface area contributed by atoms with Gasteiger partial charge < -0.3 is 5.32 Å². The molecule has 0 aromatic heterocycles. The molecule has 76 valence electrons. The molecular weight excluding hydrogens is 160 g/mol. The molecule has 0 aliphatic carbocycles. The van der Waals surface area contributed by atoms with Crippen molar-refractivity contribution in [1.29, 1.82) is 0 Å². The Morgan fingerprint density at radius 3 is 2.92 bits per heavy atom. The van der Waals surface area contributed by atoms with E-state index in [1.807, 2.05) is 0 Å². The van der Waals surface area contributed by atoms with Crippen molar-refractivity contribution < 1.29 is 0 Å². The van der Waals surface area contributed by atoms with Crippen molar-refractivity contribution in [2.45, 2.75) is 58.4 Å². The summed E-state index contributed by atoms with van der Waals surface area (Å²) in [5.41, 5.74) is 0. The van der Waals surface area contributed by atoms with Gasteiger partial charge in [-0.15, -0.1) is 0 Å². The van der Waals surface area contributed by atoms with E-state index in [1.54, 1.807) is 0 Å². The molecule has 1 N–H and O–H groups in total. The average Bonchev–Trinajstić information content (AvgIpc) is 2.16. The fourth-order valence-corrected chi connectivity index (χ4v) is 1.68. The predicted molar refractivity (Wildman–Crippen MR) is 58.3 cm³/mol. The number of rotatable bonds is 4. The minimum atomic E-state index is 0.608. The fourth-order valence-electron chi connectivity index (χ4n) is 1.68. The van der Waals surface area contributed by atoms with Crippen LogP contribution in [0.3, 0.4) is 0 Å². The third-order valence-electron chi connectivity index (χ3n) is 2.53. The smallest absolute Gasteiger partial charge is 0.0965 e. The number of aliphatic imine (C=N–C) groups is 1. The monoisotopic (exact) mass is 182 g/mol. The lowest BCUT2D eigenvalue weighted by Crippen LogP contribution is -2.33. The zero-order valence-corrected chi connectivity index (χ0v) is 8.97. The van der Waals surface area contributed by atoms with Crippen molar-refractivity contribution in [3.63, 3.8) is 0 Å². The third kappa shape index (κ3) is 4.30. The minimum Gasteiger partial charge on any atom is -0.371 e. The Labute approximate surface area is 81.8 Å². The van der Waals surface area contributed by atoms with Crippen LogP contribution in [-0.2, 0) is 0 Å². The summed E-state index contributed by atoms with van der Waals surface area (Å²) in [4.78, 5) is 4.48. The summed E-state index contributed by atoms with van der Waals surface area (Å²) < 4.78 is 0. The molecule has 1 rings (SSSR count). The van der Waals surface area contributed by atoms with Gasteiger partial charge in [0.25, 0.3) is 0 Å². The van der Waals surface area contributed by atoms with Crippen LogP contribution in [0.1, 0.15) is 52.4 Å². The number of amidine groups is 1. The van der Waals surface area contributed by atoms with Crippen LogP contribution in [0.4, 0.5) is 0 Å². The quantitative estimate of drug-likeness (QED) is 0.710. The summed E-state index contributed by atoms with van der Waals surface area (Å²) in [7, 11) is 0. The second-order valence-corrected chi connectivity index (χ2v) is 3.97. The summed E-state index contributed by atoms with van der Waals surface area (Å²) >= 11 is 0. The largest absolute Gasteiger partial charge is 0.371 e. The van der Waals surface area contributed by atoms with Gasteiger partial charge in [0.1, 0.15) is 0 Å². The lowest BCUT2D eigenvalue weighted by molar-refractivity contribution is 0.557. The van der Waals surface area contributed by atoms with Crippen molar-refractivity contribution >= 4 is 5.84 Å². The van der Waals surface area contributed by atoms with Gasteiger partial charge in [0, 0.05) is 19.0 Å². The van der Waals surface area contributed by atoms with Crippen molar-refractivity contribution in [3.8, 4) is 0 Å². The van der Waals surface area contributed by atoms with Crippen LogP contribution in [0, 0.1) is 0 Å². The van der Waals surface area contributed by atoms with Gasteiger partial charge in [0.15, 0.2) is 0 Å². The van der Waals surface area contributed by atoms with Gasteiger partial charge in [-0.2, -0.15) is 0 Å². The molecule has 0 aromatic rings. The highest BCUT2D eigenvalue weighted by molar-refractivity contribution is 5.82. The molecule has 13 heavy (non-hydrogen) atoms. The Hall–Kier alpha value is -0.530. The highest BCUT2D eigenvalue weighted by atomic mass is 15.0. The van der Waals surface area contributed by atoms with Crippen molar-refractivity contribution in [1.82, 2.24) is 5.32 Å². The lowest BCUT2D eigenvalue weighted by atomic mass is 10.1. The van der Waals surface area contributed by atoms with E-state index in [-0.39, 0.29) is 0 Å². The zero-order chi connectivity index (χ0) is 9.52. The summed E-state index contributed by atoms with van der Waals surface area (Å²) in [6.07, 6.45) is 7.63. The highest BCUT2D eigenvalue weighted by Crippen LogP contribution is 2.06. The van der Waals surface area contributed by atoms with Crippen molar-refractivity contribution in [3.05, 3.63) is 0 Å². The highest BCUT2D eigenvalue weighted by Gasteiger charge is 2.07. The van der Waals surface area contributed by atoms with Crippen molar-refractivity contribution in [2.75, 3.05) is 6.54 Å². The lowest BCUT2D eigenvalue weighted by Gasteiger charge is -2.19. The molecule has 0 saturated carbocycles. The van der Waals surface area contributed by atoms with Crippen LogP contribution in [-0.4, -0.2) is 18.4 Å². The van der Waals surface area contributed by atoms with Crippen LogP contribution in [0.2, 0.25) is 0 Å². The average molecular weight is 182 g/mol. The van der Waals surface area contributed by atoms with Gasteiger partial charge in [-0.25, -0.2) is 0 Å². The molecule has 0 aromatic carbocycles. The van der Waals surface area contributed by atoms with Gasteiger partial charge in [0.05, 0.1) is 5.84 Å². The second kappa shape index (κ2) is 6.01. The number of unbranched alkanes of at least 4 members (excludes halogenated alkanes) is 1. The first-order chi connectivity index (χ1) is 6.33. The molecule has 2 heteroatoms. The summed E-state index contributed by atoms with van der Waals surface area (Å²) in [5.74, 6) is 1.25. The van der Waals surface area contributed by atoms with E-state index >= 15 is 0 Å². The molecule has 1 heterocycles. The van der Waals surface area contributed by atoms with Gasteiger partial charge in [-0.3, -0.25) is 4.99 Å². The van der Waals surface area contributed by atoms with Gasteiger partial charge in [-0.05, 0) is 26.2 Å². The van der Waals surface area contributed by atoms with E-state index in [0.29, 0.717) is 6.04 Å². The first-order valence-corrected chi connectivity index (χ1v) is 5.62. The standard InChI is InChI=1S/C11H22N2/c1-3-4-7-10(2)13-11-8-5-6-9-12-11/h10H,3-9H2,1-2H3,(H,12,13). The molecule has 2 nitrogen and oxygen atoms in total. The van der Waals surface area contributed by atoms with E-state index in [4.69, 9.17) is 0 Å². The van der Waals surface area contributed by atoms with E-state index < -0.39 is 0 Å². The maximum Gasteiger partial charge on any atom is 0.0965 e. The molecule has 0 spiro atoms. The number of hydrogen-bond donors (Lipinski definition) is 1. The van der Waals surface area contributed by atoms with Crippen molar-refractivity contribution in [2.24, 2.45) is 4.99 Å². The first-order valence-electron chi connectivity index (χ1n) is 5.62. The van der Waals surface area contributed by atoms with E-state index in [0.717, 1.165) is 13.0 Å². The molecule has 1 aliphatic heterocycles. The molecule has 0 bridgehead atoms. The molecule has 1 aliphatic rings. The predicted octanol–water partition coefficient (Wildman–Crippen LogP) is 2.74. The molecular formula is C11H22N2. The molecule has 0 radical (unpaired) electrons. The van der Waals surface area contributed by atoms with E-state index in [9.17, 15) is 0 Å². The third-order valence-corrected chi connectivity index (χ3v) is 2.53. The minimum absolute atomic E-state index is 0.608. The maximum absolute atomic E-state index is 4.48. The molecule has 1 unspecified atom stereocenters. The summed E-state index contributed by atoms with van der Waals surface area (Å²) in [6, 6.07) is 0.608. The Morgan fingerprint density at radius 2 is 2.31 bits per heavy atom. The first kappa shape index (κ1) is 10.6. The molecule has 0 saturated heterocycles. The molecule has 0 amide bonds. The SMILES string of the molecule is CCCCC(C)NC1=NCCCC1. The Balaban J connectivity index is 2.18. The van der Waals surface area contributed by atoms with Crippen LogP contribution in [0.25, 0.3) is 0 Å². The van der Waals surface area contributed by atoms with Crippen LogP contribution in [0.5, 0.6) is 0 Å².